The van der Waals surface area contributed by atoms with E-state index < -0.39 is 0 Å². The quantitative estimate of drug-likeness (QED) is 0.170. The lowest BCUT2D eigenvalue weighted by atomic mass is 10.00. The zero-order valence-corrected chi connectivity index (χ0v) is 34.6. The molecule has 0 fully saturated rings. The molecule has 10 aromatic carbocycles. The Morgan fingerprint density at radius 3 is 1.11 bits per heavy atom. The van der Waals surface area contributed by atoms with E-state index in [-0.39, 0.29) is 0 Å². The van der Waals surface area contributed by atoms with Crippen molar-refractivity contribution in [2.45, 2.75) is 0 Å². The highest BCUT2D eigenvalue weighted by molar-refractivity contribution is 6.15. The number of aromatic nitrogens is 3. The lowest BCUT2D eigenvalue weighted by molar-refractivity contribution is 0.666. The Balaban J connectivity index is 1.02. The minimum absolute atomic E-state index is 0.876. The van der Waals surface area contributed by atoms with Crippen LogP contribution in [0.2, 0.25) is 0 Å². The minimum atomic E-state index is 0.876. The molecule has 0 aliphatic carbocycles. The second-order valence-electron chi connectivity index (χ2n) is 16.9. The number of benzene rings is 10. The molecule has 4 heterocycles. The highest BCUT2D eigenvalue weighted by Gasteiger charge is 2.21. The molecule has 14 aromatic rings. The van der Waals surface area contributed by atoms with Gasteiger partial charge in [0.1, 0.15) is 5.58 Å². The van der Waals surface area contributed by atoms with Gasteiger partial charge in [0.25, 0.3) is 0 Å². The summed E-state index contributed by atoms with van der Waals surface area (Å²) < 4.78 is 14.0. The maximum absolute atomic E-state index is 6.77. The molecule has 0 N–H and O–H groups in total. The van der Waals surface area contributed by atoms with Crippen LogP contribution in [-0.4, -0.2) is 13.7 Å². The first-order valence-corrected chi connectivity index (χ1v) is 21.9. The number of fused-ring (bicyclic) bond motifs is 12. The van der Waals surface area contributed by atoms with Crippen molar-refractivity contribution in [3.63, 3.8) is 0 Å². The molecule has 0 unspecified atom stereocenters. The fourth-order valence-electron chi connectivity index (χ4n) is 10.6. The van der Waals surface area contributed by atoms with Gasteiger partial charge >= 0.3 is 0 Å². The normalized spacial score (nSPS) is 12.1. The molecule has 14 rings (SSSR count). The van der Waals surface area contributed by atoms with Crippen molar-refractivity contribution in [2.24, 2.45) is 0 Å². The summed E-state index contributed by atoms with van der Waals surface area (Å²) in [7, 11) is 0. The van der Waals surface area contributed by atoms with E-state index in [1.165, 1.54) is 54.4 Å². The Labute approximate surface area is 367 Å². The van der Waals surface area contributed by atoms with Crippen molar-refractivity contribution < 1.29 is 4.42 Å². The first-order chi connectivity index (χ1) is 31.7. The monoisotopic (exact) mass is 815 g/mol. The number of para-hydroxylation sites is 6. The predicted octanol–water partition coefficient (Wildman–Crippen LogP) is 16.2. The maximum atomic E-state index is 6.77. The topological polar surface area (TPSA) is 27.9 Å². The molecule has 0 bridgehead atoms. The van der Waals surface area contributed by atoms with Gasteiger partial charge in [-0.3, -0.25) is 0 Å². The van der Waals surface area contributed by atoms with E-state index in [9.17, 15) is 0 Å². The minimum Gasteiger partial charge on any atom is -0.454 e. The molecule has 64 heavy (non-hydrogen) atoms. The van der Waals surface area contributed by atoms with Crippen molar-refractivity contribution in [1.29, 1.82) is 0 Å². The number of furan rings is 1. The van der Waals surface area contributed by atoms with Crippen molar-refractivity contribution in [1.82, 2.24) is 13.7 Å². The summed E-state index contributed by atoms with van der Waals surface area (Å²) in [4.78, 5) is 0. The van der Waals surface area contributed by atoms with Gasteiger partial charge in [0.05, 0.1) is 38.8 Å². The van der Waals surface area contributed by atoms with Crippen LogP contribution >= 0.6 is 0 Å². The SMILES string of the molecule is c1ccc(-n2c3ccccc3c3ccc(-c4ccc5c6ccc(-c7ccc8c9ccccc9n(-c9ccccc9)c8c7)cc6n(-c6cccc7c6oc6ccccc67)c5c4)cc32)cc1. The second kappa shape index (κ2) is 13.4. The van der Waals surface area contributed by atoms with Gasteiger partial charge in [-0.05, 0) is 95.1 Å². The third-order valence-electron chi connectivity index (χ3n) is 13.4. The van der Waals surface area contributed by atoms with Crippen LogP contribution in [0.1, 0.15) is 0 Å². The molecule has 0 aliphatic heterocycles. The van der Waals surface area contributed by atoms with E-state index in [1.807, 2.05) is 6.07 Å². The molecule has 4 nitrogen and oxygen atoms in total. The zero-order valence-electron chi connectivity index (χ0n) is 34.6. The van der Waals surface area contributed by atoms with Crippen molar-refractivity contribution >= 4 is 87.4 Å². The molecule has 0 aliphatic rings. The lowest BCUT2D eigenvalue weighted by Crippen LogP contribution is -1.95. The van der Waals surface area contributed by atoms with Gasteiger partial charge in [-0.1, -0.05) is 152 Å². The van der Waals surface area contributed by atoms with Crippen molar-refractivity contribution in [3.8, 4) is 39.3 Å². The standard InChI is InChI=1S/C60H37N3O/c1-3-14-42(15-4-1)61-52-22-10-7-18-44(52)46-30-26-38(34-55(46)61)40-28-32-48-49-33-29-41(39-27-31-47-45-19-8-11-23-53(45)62(56(47)35-39)43-16-5-2-6-17-43)37-58(49)63(57(48)36-40)54-24-13-21-51-50-20-9-12-25-59(50)64-60(51)54/h1-37H. The fourth-order valence-corrected chi connectivity index (χ4v) is 10.6. The van der Waals surface area contributed by atoms with E-state index in [0.717, 1.165) is 72.3 Å². The van der Waals surface area contributed by atoms with E-state index in [2.05, 4.69) is 232 Å². The Bertz CT molecular complexity index is 3970. The van der Waals surface area contributed by atoms with Crippen LogP contribution in [-0.2, 0) is 0 Å². The predicted molar refractivity (Wildman–Crippen MR) is 268 cm³/mol. The zero-order chi connectivity index (χ0) is 41.9. The first-order valence-electron chi connectivity index (χ1n) is 21.9. The van der Waals surface area contributed by atoms with E-state index in [1.54, 1.807) is 0 Å². The number of nitrogens with zero attached hydrogens (tertiary/aromatic N) is 3. The van der Waals surface area contributed by atoms with Gasteiger partial charge < -0.3 is 18.1 Å². The van der Waals surface area contributed by atoms with E-state index in [4.69, 9.17) is 4.42 Å². The van der Waals surface area contributed by atoms with Crippen LogP contribution in [0.4, 0.5) is 0 Å². The van der Waals surface area contributed by atoms with Crippen LogP contribution < -0.4 is 0 Å². The molecule has 0 saturated carbocycles. The van der Waals surface area contributed by atoms with Gasteiger partial charge in [-0.15, -0.1) is 0 Å². The van der Waals surface area contributed by atoms with Crippen LogP contribution in [0, 0.1) is 0 Å². The highest BCUT2D eigenvalue weighted by Crippen LogP contribution is 2.43. The van der Waals surface area contributed by atoms with Crippen LogP contribution in [0.5, 0.6) is 0 Å². The summed E-state index contributed by atoms with van der Waals surface area (Å²) >= 11 is 0. The molecule has 4 heteroatoms. The highest BCUT2D eigenvalue weighted by atomic mass is 16.3. The average Bonchev–Trinajstić information content (AvgIpc) is 4.10. The van der Waals surface area contributed by atoms with Crippen LogP contribution in [0.15, 0.2) is 229 Å². The maximum Gasteiger partial charge on any atom is 0.159 e. The average molecular weight is 816 g/mol. The summed E-state index contributed by atoms with van der Waals surface area (Å²) in [5.74, 6) is 0. The van der Waals surface area contributed by atoms with E-state index >= 15 is 0 Å². The molecule has 0 saturated heterocycles. The second-order valence-corrected chi connectivity index (χ2v) is 16.9. The summed E-state index contributed by atoms with van der Waals surface area (Å²) in [6.45, 7) is 0. The van der Waals surface area contributed by atoms with Gasteiger partial charge in [0.2, 0.25) is 0 Å². The van der Waals surface area contributed by atoms with Gasteiger partial charge in [-0.2, -0.15) is 0 Å². The number of rotatable bonds is 5. The van der Waals surface area contributed by atoms with Gasteiger partial charge in [0, 0.05) is 54.5 Å². The fraction of sp³-hybridized carbons (Fsp3) is 0. The lowest BCUT2D eigenvalue weighted by Gasteiger charge is -2.12. The molecule has 0 radical (unpaired) electrons. The van der Waals surface area contributed by atoms with Gasteiger partial charge in [-0.25, -0.2) is 0 Å². The van der Waals surface area contributed by atoms with Crippen molar-refractivity contribution in [2.75, 3.05) is 0 Å². The van der Waals surface area contributed by atoms with Crippen LogP contribution in [0.25, 0.3) is 127 Å². The Morgan fingerprint density at radius 1 is 0.250 bits per heavy atom. The number of hydrogen-bond donors (Lipinski definition) is 0. The van der Waals surface area contributed by atoms with Crippen molar-refractivity contribution in [3.05, 3.63) is 224 Å². The summed E-state index contributed by atoms with van der Waals surface area (Å²) in [5, 5.41) is 9.59. The first kappa shape index (κ1) is 35.0. The molecule has 0 amide bonds. The smallest absolute Gasteiger partial charge is 0.159 e. The number of hydrogen-bond acceptors (Lipinski definition) is 1. The Morgan fingerprint density at radius 2 is 0.625 bits per heavy atom. The van der Waals surface area contributed by atoms with Crippen LogP contribution in [0.3, 0.4) is 0 Å². The molecular weight excluding hydrogens is 779 g/mol. The third-order valence-corrected chi connectivity index (χ3v) is 13.4. The summed E-state index contributed by atoms with van der Waals surface area (Å²) in [5.41, 5.74) is 16.7. The summed E-state index contributed by atoms with van der Waals surface area (Å²) in [6.07, 6.45) is 0. The van der Waals surface area contributed by atoms with E-state index in [0.29, 0.717) is 0 Å². The largest absolute Gasteiger partial charge is 0.454 e. The summed E-state index contributed by atoms with van der Waals surface area (Å²) in [6, 6.07) is 81.5. The van der Waals surface area contributed by atoms with Gasteiger partial charge in [0.15, 0.2) is 5.58 Å². The molecular formula is C60H37N3O. The third kappa shape index (κ3) is 5.05. The molecule has 0 spiro atoms. The Kier molecular flexibility index (Phi) is 7.36. The molecule has 0 atom stereocenters. The molecule has 4 aromatic heterocycles. The Hall–Kier alpha value is -8.60. The molecule has 298 valence electrons.